The Morgan fingerprint density at radius 3 is 2.51 bits per heavy atom. The minimum Gasteiger partial charge on any atom is -0.365 e. The van der Waals surface area contributed by atoms with E-state index in [1.54, 1.807) is 0 Å². The summed E-state index contributed by atoms with van der Waals surface area (Å²) in [4.78, 5) is 46.9. The number of nitrogens with zero attached hydrogens (tertiary/aromatic N) is 3. The van der Waals surface area contributed by atoms with E-state index in [-0.39, 0.29) is 23.8 Å². The first-order valence-electron chi connectivity index (χ1n) is 12.2. The summed E-state index contributed by atoms with van der Waals surface area (Å²) >= 11 is 0. The van der Waals surface area contributed by atoms with Gasteiger partial charge in [0.05, 0.1) is 5.52 Å². The second-order valence-corrected chi connectivity index (χ2v) is 9.97. The zero-order valence-electron chi connectivity index (χ0n) is 21.0. The molecule has 0 spiro atoms. The molecule has 1 aromatic carbocycles. The van der Waals surface area contributed by atoms with Crippen LogP contribution in [0.1, 0.15) is 62.6 Å². The van der Waals surface area contributed by atoms with Crippen LogP contribution < -0.4 is 16.1 Å². The van der Waals surface area contributed by atoms with E-state index >= 15 is 0 Å². The number of amides is 3. The number of benzene rings is 1. The molecule has 4 rings (SSSR count). The Hall–Kier alpha value is -3.11. The van der Waals surface area contributed by atoms with Crippen molar-refractivity contribution in [3.05, 3.63) is 29.6 Å². The average Bonchev–Trinajstić information content (AvgIpc) is 2.85. The van der Waals surface area contributed by atoms with Crippen molar-refractivity contribution in [3.63, 3.8) is 0 Å². The summed E-state index contributed by atoms with van der Waals surface area (Å²) in [7, 11) is 1.36. The quantitative estimate of drug-likeness (QED) is 0.387. The highest BCUT2D eigenvalue weighted by molar-refractivity contribution is 6.24. The first kappa shape index (κ1) is 25.0. The number of carbonyl (C=O) groups excluding carboxylic acids is 3. The summed E-state index contributed by atoms with van der Waals surface area (Å²) < 4.78 is 5.12. The average molecular weight is 483 g/mol. The molecule has 10 nitrogen and oxygen atoms in total. The van der Waals surface area contributed by atoms with Gasteiger partial charge in [-0.05, 0) is 44.7 Å². The maximum atomic E-state index is 12.8. The van der Waals surface area contributed by atoms with Crippen LogP contribution in [0.2, 0.25) is 0 Å². The Morgan fingerprint density at radius 2 is 1.86 bits per heavy atom. The van der Waals surface area contributed by atoms with Crippen molar-refractivity contribution in [3.8, 4) is 0 Å². The highest BCUT2D eigenvalue weighted by atomic mass is 16.5. The van der Waals surface area contributed by atoms with Crippen LogP contribution in [0.3, 0.4) is 0 Å². The molecule has 1 aliphatic heterocycles. The topological polar surface area (TPSA) is 126 Å². The van der Waals surface area contributed by atoms with Crippen molar-refractivity contribution in [1.29, 1.82) is 0 Å². The number of hydrogen-bond acceptors (Lipinski definition) is 8. The molecule has 2 aromatic rings. The predicted octanol–water partition coefficient (Wildman–Crippen LogP) is 2.33. The van der Waals surface area contributed by atoms with Gasteiger partial charge in [-0.1, -0.05) is 38.3 Å². The molecule has 0 bridgehead atoms. The number of anilines is 1. The summed E-state index contributed by atoms with van der Waals surface area (Å²) in [6.07, 6.45) is 3.57. The predicted molar refractivity (Wildman–Crippen MR) is 132 cm³/mol. The van der Waals surface area contributed by atoms with Crippen LogP contribution in [0, 0.1) is 12.8 Å². The smallest absolute Gasteiger partial charge is 0.289 e. The number of β-lactam (4-membered cyclic amide) rings is 2. The van der Waals surface area contributed by atoms with Crippen molar-refractivity contribution < 1.29 is 19.1 Å². The van der Waals surface area contributed by atoms with Gasteiger partial charge in [-0.25, -0.2) is 20.4 Å². The highest BCUT2D eigenvalue weighted by Gasteiger charge is 2.59. The molecule has 35 heavy (non-hydrogen) atoms. The molecule has 2 aliphatic rings. The standard InChI is InChI=1S/C25H34N6O4/c1-14(2)13-26-22(32)21-27-17-11-10-15(3)12-16(17)20(29-21)28-18-8-6-7-9-19(18)30-31-23(33)25(4,35-5)24(31)34/h10-12,14,18-19,30H,6-9,13H2,1-5H3,(H,26,32)(H,27,28,29)/t18-,19+/m0/s1. The summed E-state index contributed by atoms with van der Waals surface area (Å²) in [6.45, 7) is 8.05. The van der Waals surface area contributed by atoms with Gasteiger partial charge in [0.25, 0.3) is 17.7 Å². The van der Waals surface area contributed by atoms with Crippen molar-refractivity contribution in [2.75, 3.05) is 19.0 Å². The molecule has 2 fully saturated rings. The van der Waals surface area contributed by atoms with Crippen LogP contribution in [-0.4, -0.2) is 64.0 Å². The largest absolute Gasteiger partial charge is 0.365 e. The van der Waals surface area contributed by atoms with Gasteiger partial charge < -0.3 is 15.4 Å². The number of aromatic nitrogens is 2. The molecule has 10 heteroatoms. The van der Waals surface area contributed by atoms with E-state index in [9.17, 15) is 14.4 Å². The lowest BCUT2D eigenvalue weighted by Gasteiger charge is -2.45. The number of methoxy groups -OCH3 is 1. The maximum Gasteiger partial charge on any atom is 0.289 e. The van der Waals surface area contributed by atoms with Gasteiger partial charge in [0.15, 0.2) is 0 Å². The van der Waals surface area contributed by atoms with E-state index in [1.165, 1.54) is 14.0 Å². The molecule has 1 aliphatic carbocycles. The maximum absolute atomic E-state index is 12.8. The van der Waals surface area contributed by atoms with E-state index < -0.39 is 17.4 Å². The van der Waals surface area contributed by atoms with Gasteiger partial charge in [0, 0.05) is 31.1 Å². The second kappa shape index (κ2) is 9.87. The van der Waals surface area contributed by atoms with Crippen molar-refractivity contribution in [2.24, 2.45) is 5.92 Å². The summed E-state index contributed by atoms with van der Waals surface area (Å²) in [5.41, 5.74) is 3.41. The number of aryl methyl sites for hydroxylation is 1. The molecular weight excluding hydrogens is 448 g/mol. The van der Waals surface area contributed by atoms with Gasteiger partial charge in [0.1, 0.15) is 5.82 Å². The number of carbonyl (C=O) groups is 3. The molecular formula is C25H34N6O4. The number of hydrogen-bond donors (Lipinski definition) is 3. The zero-order chi connectivity index (χ0) is 25.3. The lowest BCUT2D eigenvalue weighted by molar-refractivity contribution is -0.196. The van der Waals surface area contributed by atoms with E-state index in [1.807, 2.05) is 39.0 Å². The zero-order valence-corrected chi connectivity index (χ0v) is 21.0. The Labute approximate surface area is 205 Å². The molecule has 3 N–H and O–H groups in total. The normalized spacial score (nSPS) is 21.8. The molecule has 1 saturated carbocycles. The molecule has 2 atom stereocenters. The number of hydrazine groups is 1. The van der Waals surface area contributed by atoms with Crippen LogP contribution in [0.25, 0.3) is 10.9 Å². The molecule has 1 aromatic heterocycles. The van der Waals surface area contributed by atoms with Gasteiger partial charge in [-0.2, -0.15) is 0 Å². The Bertz CT molecular complexity index is 1130. The Balaban J connectivity index is 1.60. The van der Waals surface area contributed by atoms with Crippen LogP contribution in [-0.2, 0) is 14.3 Å². The SMILES string of the molecule is COC1(C)C(=O)N(N[C@@H]2CCCC[C@@H]2Nc2nc(C(=O)NCC(C)C)nc3ccc(C)cc23)C1=O. The first-order valence-corrected chi connectivity index (χ1v) is 12.2. The Kier molecular flexibility index (Phi) is 7.05. The van der Waals surface area contributed by atoms with Crippen LogP contribution in [0.4, 0.5) is 5.82 Å². The van der Waals surface area contributed by atoms with E-state index in [0.29, 0.717) is 23.8 Å². The monoisotopic (exact) mass is 482 g/mol. The van der Waals surface area contributed by atoms with Gasteiger partial charge in [-0.3, -0.25) is 14.4 Å². The number of imide groups is 1. The summed E-state index contributed by atoms with van der Waals surface area (Å²) in [5, 5.41) is 8.26. The van der Waals surface area contributed by atoms with Gasteiger partial charge in [-0.15, -0.1) is 0 Å². The van der Waals surface area contributed by atoms with E-state index in [2.05, 4.69) is 26.0 Å². The minimum absolute atomic E-state index is 0.105. The van der Waals surface area contributed by atoms with Crippen molar-refractivity contribution in [2.45, 2.75) is 71.1 Å². The first-order chi connectivity index (χ1) is 16.6. The molecule has 2 heterocycles. The molecule has 188 valence electrons. The molecule has 3 amide bonds. The summed E-state index contributed by atoms with van der Waals surface area (Å²) in [6, 6.07) is 5.55. The lowest BCUT2D eigenvalue weighted by atomic mass is 9.89. The fraction of sp³-hybridized carbons (Fsp3) is 0.560. The minimum atomic E-state index is -1.43. The van der Waals surface area contributed by atoms with Gasteiger partial charge >= 0.3 is 0 Å². The fourth-order valence-electron chi connectivity index (χ4n) is 4.48. The van der Waals surface area contributed by atoms with Crippen LogP contribution in [0.15, 0.2) is 18.2 Å². The van der Waals surface area contributed by atoms with Crippen LogP contribution >= 0.6 is 0 Å². The summed E-state index contributed by atoms with van der Waals surface area (Å²) in [5.74, 6) is -0.147. The van der Waals surface area contributed by atoms with Crippen molar-refractivity contribution >= 4 is 34.4 Å². The third-order valence-electron chi connectivity index (χ3n) is 6.74. The number of nitrogens with one attached hydrogen (secondary N) is 3. The number of ether oxygens (including phenoxy) is 1. The number of rotatable bonds is 8. The van der Waals surface area contributed by atoms with E-state index in [4.69, 9.17) is 4.74 Å². The third-order valence-corrected chi connectivity index (χ3v) is 6.74. The molecule has 1 saturated heterocycles. The lowest BCUT2D eigenvalue weighted by Crippen LogP contribution is -2.76. The fourth-order valence-corrected chi connectivity index (χ4v) is 4.48. The second-order valence-electron chi connectivity index (χ2n) is 9.97. The highest BCUT2D eigenvalue weighted by Crippen LogP contribution is 2.30. The van der Waals surface area contributed by atoms with Crippen LogP contribution in [0.5, 0.6) is 0 Å². The molecule has 0 unspecified atom stereocenters. The Morgan fingerprint density at radius 1 is 1.17 bits per heavy atom. The van der Waals surface area contributed by atoms with E-state index in [0.717, 1.165) is 41.6 Å². The van der Waals surface area contributed by atoms with Gasteiger partial charge in [0.2, 0.25) is 11.4 Å². The third kappa shape index (κ3) is 4.85. The number of fused-ring (bicyclic) bond motifs is 1. The van der Waals surface area contributed by atoms with Crippen molar-refractivity contribution in [1.82, 2.24) is 25.7 Å². The molecule has 0 radical (unpaired) electrons.